The first-order chi connectivity index (χ1) is 4.17. The number of hydrogen-bond acceptors (Lipinski definition) is 1. The molecular weight excluding hydrogens is 110 g/mol. The van der Waals surface area contributed by atoms with Crippen LogP contribution < -0.4 is 0 Å². The highest BCUT2D eigenvalue weighted by molar-refractivity contribution is 4.96. The van der Waals surface area contributed by atoms with Gasteiger partial charge in [0.2, 0.25) is 0 Å². The molecule has 0 aromatic heterocycles. The third kappa shape index (κ3) is 0.983. The van der Waals surface area contributed by atoms with E-state index in [0.29, 0.717) is 5.41 Å². The highest BCUT2D eigenvalue weighted by Crippen LogP contribution is 2.38. The van der Waals surface area contributed by atoms with Gasteiger partial charge in [-0.3, -0.25) is 4.90 Å². The first-order valence-corrected chi connectivity index (χ1v) is 3.91. The molecule has 0 spiro atoms. The molecule has 2 aliphatic rings. The fourth-order valence-electron chi connectivity index (χ4n) is 1.75. The number of likely N-dealkylation sites (tertiary alicyclic amines) is 1. The Kier molecular flexibility index (Phi) is 0.963. The molecule has 0 aromatic carbocycles. The van der Waals surface area contributed by atoms with Gasteiger partial charge in [0.25, 0.3) is 0 Å². The van der Waals surface area contributed by atoms with Gasteiger partial charge in [-0.05, 0) is 18.3 Å². The van der Waals surface area contributed by atoms with E-state index in [-0.39, 0.29) is 0 Å². The van der Waals surface area contributed by atoms with Crippen LogP contribution in [0.1, 0.15) is 26.7 Å². The van der Waals surface area contributed by atoms with E-state index in [1.165, 1.54) is 25.9 Å². The van der Waals surface area contributed by atoms with Gasteiger partial charge in [-0.15, -0.1) is 0 Å². The van der Waals surface area contributed by atoms with E-state index in [1.807, 2.05) is 0 Å². The molecular formula is C8H15N. The smallest absolute Gasteiger partial charge is 0.00968 e. The van der Waals surface area contributed by atoms with Crippen LogP contribution in [0.25, 0.3) is 0 Å². The van der Waals surface area contributed by atoms with Gasteiger partial charge in [-0.25, -0.2) is 0 Å². The molecule has 0 N–H and O–H groups in total. The zero-order chi connectivity index (χ0) is 6.48. The van der Waals surface area contributed by atoms with Crippen molar-refractivity contribution in [3.8, 4) is 0 Å². The Morgan fingerprint density at radius 3 is 2.11 bits per heavy atom. The zero-order valence-electron chi connectivity index (χ0n) is 6.35. The molecule has 0 atom stereocenters. The summed E-state index contributed by atoms with van der Waals surface area (Å²) in [5, 5.41) is 0. The number of hydrogen-bond donors (Lipinski definition) is 0. The topological polar surface area (TPSA) is 3.24 Å². The predicted octanol–water partition coefficient (Wildman–Crippen LogP) is 1.49. The van der Waals surface area contributed by atoms with Gasteiger partial charge < -0.3 is 0 Å². The third-order valence-corrected chi connectivity index (χ3v) is 2.33. The van der Waals surface area contributed by atoms with Crippen LogP contribution in [0.2, 0.25) is 0 Å². The summed E-state index contributed by atoms with van der Waals surface area (Å²) in [5.41, 5.74) is 0.641. The van der Waals surface area contributed by atoms with E-state index in [2.05, 4.69) is 18.7 Å². The molecule has 1 saturated heterocycles. The van der Waals surface area contributed by atoms with Crippen molar-refractivity contribution < 1.29 is 0 Å². The lowest BCUT2D eigenvalue weighted by atomic mass is 9.84. The second kappa shape index (κ2) is 1.51. The van der Waals surface area contributed by atoms with Crippen molar-refractivity contribution in [2.45, 2.75) is 32.7 Å². The second-order valence-corrected chi connectivity index (χ2v) is 4.30. The molecule has 2 fully saturated rings. The molecule has 1 heterocycles. The Bertz CT molecular complexity index is 117. The normalized spacial score (nSPS) is 34.0. The monoisotopic (exact) mass is 125 g/mol. The summed E-state index contributed by atoms with van der Waals surface area (Å²) in [6.45, 7) is 7.40. The van der Waals surface area contributed by atoms with Crippen LogP contribution >= 0.6 is 0 Å². The van der Waals surface area contributed by atoms with Crippen molar-refractivity contribution in [2.24, 2.45) is 5.41 Å². The Labute approximate surface area is 57.0 Å². The summed E-state index contributed by atoms with van der Waals surface area (Å²) >= 11 is 0. The first-order valence-electron chi connectivity index (χ1n) is 3.91. The second-order valence-electron chi connectivity index (χ2n) is 4.30. The van der Waals surface area contributed by atoms with E-state index in [4.69, 9.17) is 0 Å². The molecule has 1 nitrogen and oxygen atoms in total. The lowest BCUT2D eigenvalue weighted by Gasteiger charge is -2.46. The molecule has 1 saturated carbocycles. The molecule has 1 heteroatoms. The largest absolute Gasteiger partial charge is 0.299 e. The average molecular weight is 125 g/mol. The lowest BCUT2D eigenvalue weighted by Crippen LogP contribution is -2.53. The van der Waals surface area contributed by atoms with Gasteiger partial charge in [0, 0.05) is 19.1 Å². The van der Waals surface area contributed by atoms with Gasteiger partial charge in [0.1, 0.15) is 0 Å². The van der Waals surface area contributed by atoms with Crippen molar-refractivity contribution in [2.75, 3.05) is 13.1 Å². The van der Waals surface area contributed by atoms with E-state index in [9.17, 15) is 0 Å². The first kappa shape index (κ1) is 5.72. The average Bonchev–Trinajstić information content (AvgIpc) is 2.37. The van der Waals surface area contributed by atoms with E-state index >= 15 is 0 Å². The predicted molar refractivity (Wildman–Crippen MR) is 38.4 cm³/mol. The molecule has 2 rings (SSSR count). The molecule has 1 aliphatic heterocycles. The van der Waals surface area contributed by atoms with Crippen molar-refractivity contribution in [3.05, 3.63) is 0 Å². The molecule has 52 valence electrons. The molecule has 0 aromatic rings. The summed E-state index contributed by atoms with van der Waals surface area (Å²) in [6, 6.07) is 0.998. The zero-order valence-corrected chi connectivity index (χ0v) is 6.35. The minimum absolute atomic E-state index is 0.641. The van der Waals surface area contributed by atoms with Crippen LogP contribution in [-0.2, 0) is 0 Å². The van der Waals surface area contributed by atoms with Crippen LogP contribution in [0.5, 0.6) is 0 Å². The molecule has 0 bridgehead atoms. The quantitative estimate of drug-likeness (QED) is 0.513. The SMILES string of the molecule is CC1(C)CN(C2CC2)C1. The standard InChI is InChI=1S/C8H15N/c1-8(2)5-9(6-8)7-3-4-7/h7H,3-6H2,1-2H3. The van der Waals surface area contributed by atoms with Gasteiger partial charge in [0.05, 0.1) is 0 Å². The van der Waals surface area contributed by atoms with Crippen molar-refractivity contribution in [1.29, 1.82) is 0 Å². The van der Waals surface area contributed by atoms with Crippen LogP contribution in [-0.4, -0.2) is 24.0 Å². The maximum Gasteiger partial charge on any atom is 0.00968 e. The number of rotatable bonds is 1. The summed E-state index contributed by atoms with van der Waals surface area (Å²) in [7, 11) is 0. The van der Waals surface area contributed by atoms with Crippen molar-refractivity contribution in [1.82, 2.24) is 4.90 Å². The van der Waals surface area contributed by atoms with Crippen LogP contribution in [0.15, 0.2) is 0 Å². The van der Waals surface area contributed by atoms with Crippen LogP contribution in [0, 0.1) is 5.41 Å². The highest BCUT2D eigenvalue weighted by atomic mass is 15.2. The van der Waals surface area contributed by atoms with Crippen molar-refractivity contribution in [3.63, 3.8) is 0 Å². The maximum atomic E-state index is 2.61. The molecule has 0 radical (unpaired) electrons. The Morgan fingerprint density at radius 1 is 1.22 bits per heavy atom. The summed E-state index contributed by atoms with van der Waals surface area (Å²) < 4.78 is 0. The summed E-state index contributed by atoms with van der Waals surface area (Å²) in [6.07, 6.45) is 2.94. The Hall–Kier alpha value is -0.0400. The molecule has 9 heavy (non-hydrogen) atoms. The fourth-order valence-corrected chi connectivity index (χ4v) is 1.75. The lowest BCUT2D eigenvalue weighted by molar-refractivity contribution is 0.0239. The Morgan fingerprint density at radius 2 is 1.78 bits per heavy atom. The minimum Gasteiger partial charge on any atom is -0.299 e. The van der Waals surface area contributed by atoms with Gasteiger partial charge >= 0.3 is 0 Å². The van der Waals surface area contributed by atoms with E-state index in [0.717, 1.165) is 6.04 Å². The third-order valence-electron chi connectivity index (χ3n) is 2.33. The van der Waals surface area contributed by atoms with Gasteiger partial charge in [-0.2, -0.15) is 0 Å². The van der Waals surface area contributed by atoms with Gasteiger partial charge in [-0.1, -0.05) is 13.8 Å². The van der Waals surface area contributed by atoms with E-state index in [1.54, 1.807) is 0 Å². The molecule has 0 unspecified atom stereocenters. The summed E-state index contributed by atoms with van der Waals surface area (Å²) in [4.78, 5) is 2.61. The maximum absolute atomic E-state index is 2.61. The van der Waals surface area contributed by atoms with Gasteiger partial charge in [0.15, 0.2) is 0 Å². The summed E-state index contributed by atoms with van der Waals surface area (Å²) in [5.74, 6) is 0. The number of nitrogens with zero attached hydrogens (tertiary/aromatic N) is 1. The van der Waals surface area contributed by atoms with Crippen LogP contribution in [0.4, 0.5) is 0 Å². The molecule has 1 aliphatic carbocycles. The van der Waals surface area contributed by atoms with Crippen molar-refractivity contribution >= 4 is 0 Å². The van der Waals surface area contributed by atoms with Crippen LogP contribution in [0.3, 0.4) is 0 Å². The Balaban J connectivity index is 1.83. The highest BCUT2D eigenvalue weighted by Gasteiger charge is 2.41. The fraction of sp³-hybridized carbons (Fsp3) is 1.00. The minimum atomic E-state index is 0.641. The van der Waals surface area contributed by atoms with E-state index < -0.39 is 0 Å². The molecule has 0 amide bonds.